The molecule has 0 saturated heterocycles. The lowest BCUT2D eigenvalue weighted by Gasteiger charge is -2.09. The highest BCUT2D eigenvalue weighted by Gasteiger charge is 2.17. The van der Waals surface area contributed by atoms with Crippen LogP contribution in [0, 0.1) is 0 Å². The Labute approximate surface area is 119 Å². The van der Waals surface area contributed by atoms with Gasteiger partial charge < -0.3 is 9.47 Å². The first-order valence-electron chi connectivity index (χ1n) is 5.29. The van der Waals surface area contributed by atoms with Crippen LogP contribution < -0.4 is 9.47 Å². The van der Waals surface area contributed by atoms with Gasteiger partial charge in [0, 0.05) is 0 Å². The molecule has 0 fully saturated rings. The number of carbonyl (C=O) groups is 1. The van der Waals surface area contributed by atoms with Crippen LogP contribution >= 0.6 is 23.2 Å². The van der Waals surface area contributed by atoms with Gasteiger partial charge >= 0.3 is 5.97 Å². The number of benzene rings is 1. The highest BCUT2D eigenvalue weighted by molar-refractivity contribution is 6.34. The predicted octanol–water partition coefficient (Wildman–Crippen LogP) is 3.62. The third-order valence-corrected chi connectivity index (χ3v) is 2.79. The van der Waals surface area contributed by atoms with Crippen LogP contribution in [0.4, 0.5) is 0 Å². The SMILES string of the molecule is COc1ccccc1OC(=O)c1nc(Cl)ccc1Cl. The molecular formula is C13H9Cl2NO3. The molecule has 2 aromatic rings. The molecule has 0 radical (unpaired) electrons. The van der Waals surface area contributed by atoms with Crippen molar-refractivity contribution in [2.45, 2.75) is 0 Å². The second-order valence-electron chi connectivity index (χ2n) is 3.50. The quantitative estimate of drug-likeness (QED) is 0.493. The summed E-state index contributed by atoms with van der Waals surface area (Å²) in [4.78, 5) is 15.8. The lowest BCUT2D eigenvalue weighted by atomic mass is 10.3. The number of ether oxygens (including phenoxy) is 2. The Morgan fingerprint density at radius 2 is 1.79 bits per heavy atom. The Balaban J connectivity index is 2.28. The van der Waals surface area contributed by atoms with E-state index in [-0.39, 0.29) is 21.6 Å². The fraction of sp³-hybridized carbons (Fsp3) is 0.0769. The minimum Gasteiger partial charge on any atom is -0.493 e. The Bertz CT molecular complexity index is 617. The van der Waals surface area contributed by atoms with E-state index >= 15 is 0 Å². The predicted molar refractivity (Wildman–Crippen MR) is 72.2 cm³/mol. The van der Waals surface area contributed by atoms with Crippen molar-refractivity contribution in [3.8, 4) is 11.5 Å². The Morgan fingerprint density at radius 3 is 2.47 bits per heavy atom. The zero-order chi connectivity index (χ0) is 13.8. The molecule has 0 aliphatic rings. The molecule has 0 saturated carbocycles. The molecule has 4 nitrogen and oxygen atoms in total. The Morgan fingerprint density at radius 1 is 1.11 bits per heavy atom. The highest BCUT2D eigenvalue weighted by atomic mass is 35.5. The number of hydrogen-bond acceptors (Lipinski definition) is 4. The number of nitrogens with zero attached hydrogens (tertiary/aromatic N) is 1. The van der Waals surface area contributed by atoms with Crippen LogP contribution in [0.15, 0.2) is 36.4 Å². The zero-order valence-electron chi connectivity index (χ0n) is 9.89. The van der Waals surface area contributed by atoms with Gasteiger partial charge in [-0.15, -0.1) is 0 Å². The van der Waals surface area contributed by atoms with Crippen molar-refractivity contribution in [2.24, 2.45) is 0 Å². The molecule has 1 heterocycles. The van der Waals surface area contributed by atoms with Crippen molar-refractivity contribution in [3.63, 3.8) is 0 Å². The number of hydrogen-bond donors (Lipinski definition) is 0. The number of carbonyl (C=O) groups excluding carboxylic acids is 1. The first-order valence-corrected chi connectivity index (χ1v) is 6.04. The van der Waals surface area contributed by atoms with Gasteiger partial charge in [-0.25, -0.2) is 9.78 Å². The second-order valence-corrected chi connectivity index (χ2v) is 4.30. The molecule has 0 aliphatic heterocycles. The topological polar surface area (TPSA) is 48.4 Å². The molecule has 0 atom stereocenters. The number of para-hydroxylation sites is 2. The summed E-state index contributed by atoms with van der Waals surface area (Å²) in [5.74, 6) is 0.0267. The smallest absolute Gasteiger partial charge is 0.364 e. The first kappa shape index (κ1) is 13.6. The lowest BCUT2D eigenvalue weighted by Crippen LogP contribution is -2.12. The lowest BCUT2D eigenvalue weighted by molar-refractivity contribution is 0.0724. The van der Waals surface area contributed by atoms with Gasteiger partial charge in [-0.1, -0.05) is 35.3 Å². The molecule has 0 amide bonds. The number of methoxy groups -OCH3 is 1. The van der Waals surface area contributed by atoms with E-state index in [0.717, 1.165) is 0 Å². The maximum absolute atomic E-state index is 12.0. The fourth-order valence-corrected chi connectivity index (χ4v) is 1.74. The van der Waals surface area contributed by atoms with E-state index in [1.807, 2.05) is 0 Å². The number of esters is 1. The van der Waals surface area contributed by atoms with E-state index in [2.05, 4.69) is 4.98 Å². The van der Waals surface area contributed by atoms with Crippen LogP contribution in [0.3, 0.4) is 0 Å². The van der Waals surface area contributed by atoms with Crippen molar-refractivity contribution < 1.29 is 14.3 Å². The van der Waals surface area contributed by atoms with E-state index in [1.165, 1.54) is 19.2 Å². The van der Waals surface area contributed by atoms with Crippen LogP contribution in [-0.2, 0) is 0 Å². The summed E-state index contributed by atoms with van der Waals surface area (Å²) in [5, 5.41) is 0.334. The average molecular weight is 298 g/mol. The maximum Gasteiger partial charge on any atom is 0.364 e. The minimum absolute atomic E-state index is 0.0416. The van der Waals surface area contributed by atoms with Gasteiger partial charge in [-0.3, -0.25) is 0 Å². The van der Waals surface area contributed by atoms with Gasteiger partial charge in [0.15, 0.2) is 17.2 Å². The monoisotopic (exact) mass is 297 g/mol. The summed E-state index contributed by atoms with van der Waals surface area (Å²) >= 11 is 11.6. The van der Waals surface area contributed by atoms with Crippen LogP contribution in [-0.4, -0.2) is 18.1 Å². The summed E-state index contributed by atoms with van der Waals surface area (Å²) in [6.45, 7) is 0. The van der Waals surface area contributed by atoms with Gasteiger partial charge in [0.1, 0.15) is 5.15 Å². The Hall–Kier alpha value is -1.78. The van der Waals surface area contributed by atoms with E-state index < -0.39 is 5.97 Å². The molecule has 0 spiro atoms. The van der Waals surface area contributed by atoms with Crippen molar-refractivity contribution in [1.82, 2.24) is 4.98 Å². The number of rotatable bonds is 3. The van der Waals surface area contributed by atoms with Crippen LogP contribution in [0.25, 0.3) is 0 Å². The molecule has 1 aromatic heterocycles. The molecule has 19 heavy (non-hydrogen) atoms. The van der Waals surface area contributed by atoms with Gasteiger partial charge in [0.25, 0.3) is 0 Å². The first-order chi connectivity index (χ1) is 9.11. The normalized spacial score (nSPS) is 10.1. The third-order valence-electron chi connectivity index (χ3n) is 2.28. The van der Waals surface area contributed by atoms with Crippen LogP contribution in [0.1, 0.15) is 10.5 Å². The van der Waals surface area contributed by atoms with Crippen molar-refractivity contribution in [2.75, 3.05) is 7.11 Å². The second kappa shape index (κ2) is 5.91. The van der Waals surface area contributed by atoms with E-state index in [0.29, 0.717) is 5.75 Å². The van der Waals surface area contributed by atoms with Crippen molar-refractivity contribution in [3.05, 3.63) is 52.3 Å². The maximum atomic E-state index is 12.0. The van der Waals surface area contributed by atoms with Crippen molar-refractivity contribution >= 4 is 29.2 Å². The van der Waals surface area contributed by atoms with Gasteiger partial charge in [0.2, 0.25) is 0 Å². The van der Waals surface area contributed by atoms with Crippen molar-refractivity contribution in [1.29, 1.82) is 0 Å². The summed E-state index contributed by atoms with van der Waals surface area (Å²) in [6.07, 6.45) is 0. The van der Waals surface area contributed by atoms with Gasteiger partial charge in [-0.2, -0.15) is 0 Å². The van der Waals surface area contributed by atoms with E-state index in [4.69, 9.17) is 32.7 Å². The molecule has 0 aliphatic carbocycles. The summed E-state index contributed by atoms with van der Waals surface area (Å²) in [5.41, 5.74) is -0.0416. The van der Waals surface area contributed by atoms with E-state index in [9.17, 15) is 4.79 Å². The number of halogens is 2. The Kier molecular flexibility index (Phi) is 4.24. The molecule has 98 valence electrons. The van der Waals surface area contributed by atoms with Crippen LogP contribution in [0.2, 0.25) is 10.2 Å². The summed E-state index contributed by atoms with van der Waals surface area (Å²) < 4.78 is 10.3. The standard InChI is InChI=1S/C13H9Cl2NO3/c1-18-9-4-2-3-5-10(9)19-13(17)12-8(14)6-7-11(15)16-12/h2-7H,1H3. The third kappa shape index (κ3) is 3.16. The largest absolute Gasteiger partial charge is 0.493 e. The average Bonchev–Trinajstić information content (AvgIpc) is 2.42. The zero-order valence-corrected chi connectivity index (χ0v) is 11.4. The fourth-order valence-electron chi connectivity index (χ4n) is 1.41. The summed E-state index contributed by atoms with van der Waals surface area (Å²) in [6, 6.07) is 9.74. The molecule has 2 rings (SSSR count). The van der Waals surface area contributed by atoms with Gasteiger partial charge in [0.05, 0.1) is 12.1 Å². The molecule has 0 bridgehead atoms. The molecular weight excluding hydrogens is 289 g/mol. The number of pyridine rings is 1. The minimum atomic E-state index is -0.697. The highest BCUT2D eigenvalue weighted by Crippen LogP contribution is 2.27. The van der Waals surface area contributed by atoms with Gasteiger partial charge in [-0.05, 0) is 24.3 Å². The van der Waals surface area contributed by atoms with Crippen LogP contribution in [0.5, 0.6) is 11.5 Å². The molecule has 6 heteroatoms. The summed E-state index contributed by atoms with van der Waals surface area (Å²) in [7, 11) is 1.48. The molecule has 0 N–H and O–H groups in total. The number of aromatic nitrogens is 1. The molecule has 0 unspecified atom stereocenters. The molecule has 1 aromatic carbocycles. The van der Waals surface area contributed by atoms with E-state index in [1.54, 1.807) is 24.3 Å².